The molecule has 164 valence electrons. The number of amides is 3. The molecule has 1 unspecified atom stereocenters. The first-order valence-electron chi connectivity index (χ1n) is 11.0. The monoisotopic (exact) mass is 408 g/mol. The Morgan fingerprint density at radius 2 is 1.45 bits per heavy atom. The maximum absolute atomic E-state index is 13.2. The van der Waals surface area contributed by atoms with Gasteiger partial charge in [0.15, 0.2) is 0 Å². The highest BCUT2D eigenvalue weighted by molar-refractivity contribution is 5.86. The number of piperazine rings is 1. The van der Waals surface area contributed by atoms with E-state index < -0.39 is 17.7 Å². The minimum Gasteiger partial charge on any atom is -0.444 e. The van der Waals surface area contributed by atoms with E-state index in [1.807, 2.05) is 30.6 Å². The van der Waals surface area contributed by atoms with Crippen molar-refractivity contribution in [1.29, 1.82) is 0 Å². The van der Waals surface area contributed by atoms with E-state index in [1.165, 1.54) is 0 Å². The molecular formula is C21H36N4O4. The normalized spacial score (nSPS) is 24.0. The Bertz CT molecular complexity index is 604. The number of piperidine rings is 1. The predicted molar refractivity (Wildman–Crippen MR) is 109 cm³/mol. The molecule has 0 bridgehead atoms. The third-order valence-electron chi connectivity index (χ3n) is 5.92. The lowest BCUT2D eigenvalue weighted by molar-refractivity contribution is -0.140. The average Bonchev–Trinajstić information content (AvgIpc) is 3.22. The van der Waals surface area contributed by atoms with Crippen molar-refractivity contribution in [3.8, 4) is 0 Å². The van der Waals surface area contributed by atoms with Crippen molar-refractivity contribution in [1.82, 2.24) is 19.6 Å². The van der Waals surface area contributed by atoms with E-state index in [1.54, 1.807) is 4.90 Å². The van der Waals surface area contributed by atoms with Crippen LogP contribution >= 0.6 is 0 Å². The number of likely N-dealkylation sites (tertiary alicyclic amines) is 2. The summed E-state index contributed by atoms with van der Waals surface area (Å²) in [7, 11) is 0. The molecule has 3 aliphatic heterocycles. The number of hydrogen-bond donors (Lipinski definition) is 0. The number of carbonyl (C=O) groups is 3. The van der Waals surface area contributed by atoms with Crippen LogP contribution in [0.25, 0.3) is 0 Å². The van der Waals surface area contributed by atoms with Gasteiger partial charge in [0.25, 0.3) is 0 Å². The number of rotatable bonds is 3. The number of hydrogen-bond acceptors (Lipinski definition) is 5. The van der Waals surface area contributed by atoms with Crippen LogP contribution < -0.4 is 0 Å². The van der Waals surface area contributed by atoms with Crippen molar-refractivity contribution in [2.75, 3.05) is 52.4 Å². The van der Waals surface area contributed by atoms with E-state index in [0.717, 1.165) is 38.8 Å². The smallest absolute Gasteiger partial charge is 0.410 e. The molecule has 0 aromatic carbocycles. The van der Waals surface area contributed by atoms with Crippen molar-refractivity contribution in [3.63, 3.8) is 0 Å². The molecule has 3 saturated heterocycles. The number of carbonyl (C=O) groups excluding carboxylic acids is 3. The highest BCUT2D eigenvalue weighted by Gasteiger charge is 2.38. The van der Waals surface area contributed by atoms with Crippen molar-refractivity contribution >= 4 is 17.9 Å². The Kier molecular flexibility index (Phi) is 7.03. The summed E-state index contributed by atoms with van der Waals surface area (Å²) in [6.45, 7) is 10.9. The molecule has 3 amide bonds. The lowest BCUT2D eigenvalue weighted by atomic mass is 10.0. The summed E-state index contributed by atoms with van der Waals surface area (Å²) in [4.78, 5) is 45.6. The van der Waals surface area contributed by atoms with Crippen LogP contribution in [-0.4, -0.2) is 102 Å². The molecule has 0 aromatic heterocycles. The van der Waals surface area contributed by atoms with Gasteiger partial charge in [0.2, 0.25) is 11.8 Å². The lowest BCUT2D eigenvalue weighted by Crippen LogP contribution is -2.58. The second-order valence-electron chi connectivity index (χ2n) is 9.37. The van der Waals surface area contributed by atoms with Gasteiger partial charge in [-0.15, -0.1) is 0 Å². The summed E-state index contributed by atoms with van der Waals surface area (Å²) in [5, 5.41) is 0. The molecule has 8 nitrogen and oxygen atoms in total. The van der Waals surface area contributed by atoms with Gasteiger partial charge in [-0.25, -0.2) is 4.79 Å². The Hall–Kier alpha value is -1.83. The van der Waals surface area contributed by atoms with Crippen molar-refractivity contribution in [2.45, 2.75) is 64.5 Å². The van der Waals surface area contributed by atoms with Gasteiger partial charge in [-0.1, -0.05) is 0 Å². The van der Waals surface area contributed by atoms with Crippen molar-refractivity contribution in [2.24, 2.45) is 0 Å². The maximum Gasteiger partial charge on any atom is 0.410 e. The van der Waals surface area contributed by atoms with E-state index in [-0.39, 0.29) is 11.8 Å². The topological polar surface area (TPSA) is 73.4 Å². The quantitative estimate of drug-likeness (QED) is 0.708. The van der Waals surface area contributed by atoms with E-state index in [2.05, 4.69) is 4.90 Å². The molecule has 3 fully saturated rings. The fourth-order valence-electron chi connectivity index (χ4n) is 4.32. The van der Waals surface area contributed by atoms with Crippen LogP contribution in [0, 0.1) is 0 Å². The summed E-state index contributed by atoms with van der Waals surface area (Å²) in [5.74, 6) is 0.215. The molecule has 0 aromatic rings. The van der Waals surface area contributed by atoms with E-state index in [9.17, 15) is 14.4 Å². The molecule has 3 rings (SSSR count). The van der Waals surface area contributed by atoms with Crippen LogP contribution in [0.4, 0.5) is 4.79 Å². The Morgan fingerprint density at radius 1 is 0.828 bits per heavy atom. The van der Waals surface area contributed by atoms with Gasteiger partial charge < -0.3 is 14.5 Å². The SMILES string of the molecule is CC(C)(C)OC(=O)N1CCCCC1C(=O)N1CCN(CC(=O)N2CCCC2)CC1. The summed E-state index contributed by atoms with van der Waals surface area (Å²) < 4.78 is 5.52. The molecule has 0 saturated carbocycles. The second kappa shape index (κ2) is 9.32. The summed E-state index contributed by atoms with van der Waals surface area (Å²) >= 11 is 0. The third-order valence-corrected chi connectivity index (χ3v) is 5.92. The van der Waals surface area contributed by atoms with Gasteiger partial charge in [0.05, 0.1) is 6.54 Å². The summed E-state index contributed by atoms with van der Waals surface area (Å²) in [6, 6.07) is -0.434. The zero-order chi connectivity index (χ0) is 21.0. The van der Waals surface area contributed by atoms with Crippen LogP contribution in [0.5, 0.6) is 0 Å². The molecule has 3 heterocycles. The molecule has 0 aliphatic carbocycles. The van der Waals surface area contributed by atoms with Crippen LogP contribution in [0.1, 0.15) is 52.9 Å². The van der Waals surface area contributed by atoms with E-state index in [4.69, 9.17) is 4.74 Å². The predicted octanol–water partition coefficient (Wildman–Crippen LogP) is 1.54. The van der Waals surface area contributed by atoms with Crippen LogP contribution in [0.3, 0.4) is 0 Å². The lowest BCUT2D eigenvalue weighted by Gasteiger charge is -2.41. The summed E-state index contributed by atoms with van der Waals surface area (Å²) in [5.41, 5.74) is -0.574. The molecule has 3 aliphatic rings. The van der Waals surface area contributed by atoms with E-state index >= 15 is 0 Å². The average molecular weight is 409 g/mol. The van der Waals surface area contributed by atoms with Gasteiger partial charge in [0.1, 0.15) is 11.6 Å². The minimum atomic E-state index is -0.574. The highest BCUT2D eigenvalue weighted by Crippen LogP contribution is 2.22. The molecule has 0 radical (unpaired) electrons. The molecule has 0 spiro atoms. The molecule has 29 heavy (non-hydrogen) atoms. The van der Waals surface area contributed by atoms with Crippen LogP contribution in [0.2, 0.25) is 0 Å². The van der Waals surface area contributed by atoms with Crippen molar-refractivity contribution < 1.29 is 19.1 Å². The van der Waals surface area contributed by atoms with Crippen molar-refractivity contribution in [3.05, 3.63) is 0 Å². The van der Waals surface area contributed by atoms with Crippen LogP contribution in [-0.2, 0) is 14.3 Å². The zero-order valence-corrected chi connectivity index (χ0v) is 18.2. The largest absolute Gasteiger partial charge is 0.444 e. The fraction of sp³-hybridized carbons (Fsp3) is 0.857. The molecule has 0 N–H and O–H groups in total. The summed E-state index contributed by atoms with van der Waals surface area (Å²) in [6.07, 6.45) is 4.33. The first-order chi connectivity index (χ1) is 13.7. The second-order valence-corrected chi connectivity index (χ2v) is 9.37. The first-order valence-corrected chi connectivity index (χ1v) is 11.0. The standard InChI is InChI=1S/C21H36N4O4/c1-21(2,3)29-20(28)25-11-5-4-8-17(25)19(27)24-14-12-22(13-15-24)16-18(26)23-9-6-7-10-23/h17H,4-16H2,1-3H3. The minimum absolute atomic E-state index is 0.0149. The highest BCUT2D eigenvalue weighted by atomic mass is 16.6. The van der Waals surface area contributed by atoms with Gasteiger partial charge in [-0.3, -0.25) is 19.4 Å². The first kappa shape index (κ1) is 21.9. The molecule has 8 heteroatoms. The fourth-order valence-corrected chi connectivity index (χ4v) is 4.32. The maximum atomic E-state index is 13.2. The Balaban J connectivity index is 1.51. The zero-order valence-electron chi connectivity index (χ0n) is 18.2. The molecular weight excluding hydrogens is 372 g/mol. The molecule has 1 atom stereocenters. The van der Waals surface area contributed by atoms with Crippen LogP contribution in [0.15, 0.2) is 0 Å². The van der Waals surface area contributed by atoms with Gasteiger partial charge in [-0.2, -0.15) is 0 Å². The van der Waals surface area contributed by atoms with Gasteiger partial charge in [-0.05, 0) is 52.9 Å². The number of ether oxygens (including phenoxy) is 1. The van der Waals surface area contributed by atoms with E-state index in [0.29, 0.717) is 45.7 Å². The Morgan fingerprint density at radius 3 is 2.07 bits per heavy atom. The number of nitrogens with zero attached hydrogens (tertiary/aromatic N) is 4. The third kappa shape index (κ3) is 5.84. The van der Waals surface area contributed by atoms with Gasteiger partial charge in [0, 0.05) is 45.8 Å². The van der Waals surface area contributed by atoms with Gasteiger partial charge >= 0.3 is 6.09 Å². The Labute approximate surface area is 174 Å².